The van der Waals surface area contributed by atoms with Gasteiger partial charge in [0.25, 0.3) is 0 Å². The summed E-state index contributed by atoms with van der Waals surface area (Å²) in [5.74, 6) is 1.17. The highest BCUT2D eigenvalue weighted by Gasteiger charge is 2.11. The minimum absolute atomic E-state index is 0.0988. The number of hydrogen-bond acceptors (Lipinski definition) is 4. The van der Waals surface area contributed by atoms with E-state index >= 15 is 0 Å². The Morgan fingerprint density at radius 1 is 1.35 bits per heavy atom. The van der Waals surface area contributed by atoms with Crippen molar-refractivity contribution in [3.8, 4) is 5.75 Å². The molecule has 0 atom stereocenters. The molecule has 0 radical (unpaired) electrons. The third kappa shape index (κ3) is 3.45. The van der Waals surface area contributed by atoms with Crippen LogP contribution in [0.15, 0.2) is 29.6 Å². The van der Waals surface area contributed by atoms with Gasteiger partial charge < -0.3 is 4.74 Å². The molecule has 1 aromatic carbocycles. The van der Waals surface area contributed by atoms with Crippen LogP contribution in [0, 0.1) is 0 Å². The molecule has 0 fully saturated rings. The first-order valence-corrected chi connectivity index (χ1v) is 7.69. The minimum Gasteiger partial charge on any atom is -0.487 e. The van der Waals surface area contributed by atoms with E-state index in [-0.39, 0.29) is 5.78 Å². The maximum Gasteiger partial charge on any atom is 0.166 e. The fourth-order valence-electron chi connectivity index (χ4n) is 1.82. The number of benzene rings is 1. The van der Waals surface area contributed by atoms with Crippen LogP contribution in [0.4, 0.5) is 0 Å². The molecule has 106 valence electrons. The molecule has 0 bridgehead atoms. The van der Waals surface area contributed by atoms with E-state index < -0.39 is 0 Å². The fourth-order valence-corrected chi connectivity index (χ4v) is 2.64. The van der Waals surface area contributed by atoms with Crippen molar-refractivity contribution in [3.05, 3.63) is 45.9 Å². The first kappa shape index (κ1) is 14.7. The van der Waals surface area contributed by atoms with Crippen molar-refractivity contribution in [2.24, 2.45) is 0 Å². The number of hydrogen-bond donors (Lipinski definition) is 0. The molecule has 0 unspecified atom stereocenters. The van der Waals surface area contributed by atoms with E-state index in [0.717, 1.165) is 10.7 Å². The van der Waals surface area contributed by atoms with Gasteiger partial charge in [0, 0.05) is 17.7 Å². The highest BCUT2D eigenvalue weighted by molar-refractivity contribution is 7.09. The van der Waals surface area contributed by atoms with Crippen LogP contribution < -0.4 is 4.74 Å². The van der Waals surface area contributed by atoms with Crippen LogP contribution in [0.3, 0.4) is 0 Å². The zero-order chi connectivity index (χ0) is 14.5. The van der Waals surface area contributed by atoms with E-state index in [1.165, 1.54) is 0 Å². The normalized spacial score (nSPS) is 10.8. The number of carbonyl (C=O) groups is 1. The van der Waals surface area contributed by atoms with Crippen molar-refractivity contribution < 1.29 is 9.53 Å². The molecule has 0 aliphatic rings. The van der Waals surface area contributed by atoms with E-state index in [0.29, 0.717) is 30.3 Å². The second-order valence-electron chi connectivity index (χ2n) is 4.89. The summed E-state index contributed by atoms with van der Waals surface area (Å²) < 4.78 is 5.76. The summed E-state index contributed by atoms with van der Waals surface area (Å²) in [5.41, 5.74) is 1.56. The van der Waals surface area contributed by atoms with Gasteiger partial charge in [-0.15, -0.1) is 11.3 Å². The maximum absolute atomic E-state index is 11.8. The number of nitrogens with zero attached hydrogens (tertiary/aromatic N) is 1. The minimum atomic E-state index is 0.0988. The van der Waals surface area contributed by atoms with Gasteiger partial charge in [-0.3, -0.25) is 4.79 Å². The summed E-state index contributed by atoms with van der Waals surface area (Å²) in [4.78, 5) is 16.4. The largest absolute Gasteiger partial charge is 0.487 e. The molecule has 0 spiro atoms. The molecular weight excluding hydrogens is 270 g/mol. The Bertz CT molecular complexity index is 590. The van der Waals surface area contributed by atoms with Crippen LogP contribution in [-0.2, 0) is 6.61 Å². The Morgan fingerprint density at radius 3 is 2.75 bits per heavy atom. The monoisotopic (exact) mass is 289 g/mol. The van der Waals surface area contributed by atoms with Gasteiger partial charge in [0.05, 0.1) is 16.3 Å². The lowest BCUT2D eigenvalue weighted by atomic mass is 10.1. The van der Waals surface area contributed by atoms with Crippen LogP contribution in [0.1, 0.15) is 54.2 Å². The van der Waals surface area contributed by atoms with Crippen molar-refractivity contribution in [2.45, 2.75) is 39.7 Å². The first-order chi connectivity index (χ1) is 9.61. The highest BCUT2D eigenvalue weighted by Crippen LogP contribution is 2.23. The Labute approximate surface area is 123 Å². The lowest BCUT2D eigenvalue weighted by Crippen LogP contribution is -2.03. The topological polar surface area (TPSA) is 39.2 Å². The standard InChI is InChI=1S/C16H19NO2S/c1-4-14(18)13-7-5-6-8-15(13)19-9-12-10-20-16(17-12)11(2)3/h5-8,10-11H,4,9H2,1-3H3. The molecule has 4 heteroatoms. The van der Waals surface area contributed by atoms with Gasteiger partial charge in [-0.1, -0.05) is 32.9 Å². The quantitative estimate of drug-likeness (QED) is 0.738. The summed E-state index contributed by atoms with van der Waals surface area (Å²) in [6.45, 7) is 6.50. The molecule has 0 amide bonds. The summed E-state index contributed by atoms with van der Waals surface area (Å²) in [5, 5.41) is 3.13. The first-order valence-electron chi connectivity index (χ1n) is 6.81. The Hall–Kier alpha value is -1.68. The van der Waals surface area contributed by atoms with Crippen molar-refractivity contribution in [3.63, 3.8) is 0 Å². The predicted octanol–water partition coefficient (Wildman–Crippen LogP) is 4.44. The number of ether oxygens (including phenoxy) is 1. The van der Waals surface area contributed by atoms with E-state index in [1.54, 1.807) is 11.3 Å². The van der Waals surface area contributed by atoms with Crippen molar-refractivity contribution in [1.29, 1.82) is 0 Å². The van der Waals surface area contributed by atoms with Gasteiger partial charge in [0.1, 0.15) is 12.4 Å². The molecule has 1 aromatic heterocycles. The Morgan fingerprint density at radius 2 is 2.10 bits per heavy atom. The molecule has 0 saturated heterocycles. The molecule has 0 aliphatic carbocycles. The predicted molar refractivity (Wildman–Crippen MR) is 81.6 cm³/mol. The van der Waals surface area contributed by atoms with Crippen molar-refractivity contribution >= 4 is 17.1 Å². The van der Waals surface area contributed by atoms with Crippen LogP contribution in [0.25, 0.3) is 0 Å². The Balaban J connectivity index is 2.08. The van der Waals surface area contributed by atoms with Crippen LogP contribution in [0.2, 0.25) is 0 Å². The highest BCUT2D eigenvalue weighted by atomic mass is 32.1. The van der Waals surface area contributed by atoms with E-state index in [2.05, 4.69) is 18.8 Å². The van der Waals surface area contributed by atoms with Gasteiger partial charge >= 0.3 is 0 Å². The number of para-hydroxylation sites is 1. The molecule has 20 heavy (non-hydrogen) atoms. The molecule has 0 aliphatic heterocycles. The van der Waals surface area contributed by atoms with E-state index in [4.69, 9.17) is 4.74 Å². The van der Waals surface area contributed by atoms with Crippen LogP contribution in [-0.4, -0.2) is 10.8 Å². The van der Waals surface area contributed by atoms with Gasteiger partial charge in [-0.25, -0.2) is 4.98 Å². The molecule has 2 rings (SSSR count). The average molecular weight is 289 g/mol. The average Bonchev–Trinajstić information content (AvgIpc) is 2.93. The molecule has 1 heterocycles. The zero-order valence-electron chi connectivity index (χ0n) is 12.1. The second kappa shape index (κ2) is 6.66. The smallest absolute Gasteiger partial charge is 0.166 e. The third-order valence-electron chi connectivity index (χ3n) is 2.95. The lowest BCUT2D eigenvalue weighted by Gasteiger charge is -2.09. The summed E-state index contributed by atoms with van der Waals surface area (Å²) in [7, 11) is 0. The van der Waals surface area contributed by atoms with Crippen LogP contribution >= 0.6 is 11.3 Å². The maximum atomic E-state index is 11.8. The lowest BCUT2D eigenvalue weighted by molar-refractivity contribution is 0.0983. The molecule has 2 aromatic rings. The number of carbonyl (C=O) groups excluding carboxylic acids is 1. The number of thiazole rings is 1. The second-order valence-corrected chi connectivity index (χ2v) is 5.78. The fraction of sp³-hybridized carbons (Fsp3) is 0.375. The van der Waals surface area contributed by atoms with Gasteiger partial charge in [-0.05, 0) is 12.1 Å². The molecule has 3 nitrogen and oxygen atoms in total. The zero-order valence-corrected chi connectivity index (χ0v) is 12.9. The van der Waals surface area contributed by atoms with Gasteiger partial charge in [-0.2, -0.15) is 0 Å². The van der Waals surface area contributed by atoms with Gasteiger partial charge in [0.15, 0.2) is 5.78 Å². The molecular formula is C16H19NO2S. The van der Waals surface area contributed by atoms with E-state index in [9.17, 15) is 4.79 Å². The summed E-state index contributed by atoms with van der Waals surface area (Å²) >= 11 is 1.65. The van der Waals surface area contributed by atoms with Gasteiger partial charge in [0.2, 0.25) is 0 Å². The summed E-state index contributed by atoms with van der Waals surface area (Å²) in [6.07, 6.45) is 0.481. The number of rotatable bonds is 6. The van der Waals surface area contributed by atoms with Crippen molar-refractivity contribution in [1.82, 2.24) is 4.98 Å². The SMILES string of the molecule is CCC(=O)c1ccccc1OCc1csc(C(C)C)n1. The number of Topliss-reactive ketones (excluding diaryl/α,β-unsaturated/α-hetero) is 1. The summed E-state index contributed by atoms with van der Waals surface area (Å²) in [6, 6.07) is 7.37. The van der Waals surface area contributed by atoms with Crippen LogP contribution in [0.5, 0.6) is 5.75 Å². The van der Waals surface area contributed by atoms with E-state index in [1.807, 2.05) is 36.6 Å². The third-order valence-corrected chi connectivity index (χ3v) is 4.14. The number of aromatic nitrogens is 1. The molecule has 0 saturated carbocycles. The van der Waals surface area contributed by atoms with Crippen molar-refractivity contribution in [2.75, 3.05) is 0 Å². The Kier molecular flexibility index (Phi) is 4.90. The number of ketones is 1. The molecule has 0 N–H and O–H groups in total.